The first kappa shape index (κ1) is 24.7. The van der Waals surface area contributed by atoms with E-state index in [-0.39, 0.29) is 24.0 Å². The van der Waals surface area contributed by atoms with Crippen LogP contribution in [0.4, 0.5) is 5.82 Å². The van der Waals surface area contributed by atoms with E-state index in [1.807, 2.05) is 13.2 Å². The fourth-order valence-electron chi connectivity index (χ4n) is 4.22. The zero-order valence-corrected chi connectivity index (χ0v) is 21.6. The Balaban J connectivity index is 0.00000289. The molecule has 0 bridgehead atoms. The molecule has 2 aliphatic heterocycles. The maximum absolute atomic E-state index is 4.70. The van der Waals surface area contributed by atoms with Gasteiger partial charge in [-0.15, -0.1) is 24.0 Å². The standard InChI is InChI=1S/C24H35N7.HI/c1-25-24(31-16-12-29(13-17-31)20-21-6-4-3-5-7-21)27-19-22-8-9-23(26-18-22)30-14-10-28(2)11-15-30;/h3-9,18H,10-17,19-20H2,1-2H3,(H,25,27);1H. The lowest BCUT2D eigenvalue weighted by molar-refractivity contribution is 0.172. The van der Waals surface area contributed by atoms with E-state index >= 15 is 0 Å². The Labute approximate surface area is 209 Å². The van der Waals surface area contributed by atoms with Crippen molar-refractivity contribution in [3.63, 3.8) is 0 Å². The summed E-state index contributed by atoms with van der Waals surface area (Å²) >= 11 is 0. The second-order valence-corrected chi connectivity index (χ2v) is 8.46. The zero-order chi connectivity index (χ0) is 21.5. The lowest BCUT2D eigenvalue weighted by Gasteiger charge is -2.36. The van der Waals surface area contributed by atoms with Crippen LogP contribution in [0.3, 0.4) is 0 Å². The van der Waals surface area contributed by atoms with Gasteiger partial charge >= 0.3 is 0 Å². The third-order valence-electron chi connectivity index (χ3n) is 6.22. The lowest BCUT2D eigenvalue weighted by Crippen LogP contribution is -2.52. The second kappa shape index (κ2) is 12.4. The van der Waals surface area contributed by atoms with Gasteiger partial charge in [0.1, 0.15) is 5.82 Å². The van der Waals surface area contributed by atoms with Crippen LogP contribution in [0.15, 0.2) is 53.7 Å². The van der Waals surface area contributed by atoms with Gasteiger partial charge < -0.3 is 20.0 Å². The third-order valence-corrected chi connectivity index (χ3v) is 6.22. The van der Waals surface area contributed by atoms with Gasteiger partial charge in [0.25, 0.3) is 0 Å². The molecule has 1 N–H and O–H groups in total. The topological polar surface area (TPSA) is 50.2 Å². The first-order chi connectivity index (χ1) is 15.2. The van der Waals surface area contributed by atoms with Crippen LogP contribution in [0.2, 0.25) is 0 Å². The molecule has 0 atom stereocenters. The number of benzene rings is 1. The quantitative estimate of drug-likeness (QED) is 0.351. The normalized spacial score (nSPS) is 18.4. The Morgan fingerprint density at radius 1 is 0.906 bits per heavy atom. The van der Waals surface area contributed by atoms with Crippen molar-refractivity contribution in [3.8, 4) is 0 Å². The number of nitrogens with zero attached hydrogens (tertiary/aromatic N) is 6. The molecule has 2 aliphatic rings. The minimum atomic E-state index is 0. The highest BCUT2D eigenvalue weighted by Crippen LogP contribution is 2.14. The molecular weight excluding hydrogens is 513 g/mol. The Kier molecular flexibility index (Phi) is 9.55. The Morgan fingerprint density at radius 2 is 1.62 bits per heavy atom. The molecule has 1 aromatic carbocycles. The number of guanidine groups is 1. The van der Waals surface area contributed by atoms with Crippen molar-refractivity contribution in [1.82, 2.24) is 25.0 Å². The van der Waals surface area contributed by atoms with Crippen LogP contribution >= 0.6 is 24.0 Å². The molecule has 3 heterocycles. The van der Waals surface area contributed by atoms with Crippen LogP contribution in [0.25, 0.3) is 0 Å². The molecule has 0 unspecified atom stereocenters. The van der Waals surface area contributed by atoms with Crippen LogP contribution in [0.1, 0.15) is 11.1 Å². The number of halogens is 1. The highest BCUT2D eigenvalue weighted by atomic mass is 127. The summed E-state index contributed by atoms with van der Waals surface area (Å²) in [7, 11) is 4.04. The predicted molar refractivity (Wildman–Crippen MR) is 143 cm³/mol. The van der Waals surface area contributed by atoms with Gasteiger partial charge in [-0.2, -0.15) is 0 Å². The van der Waals surface area contributed by atoms with Crippen molar-refractivity contribution in [2.24, 2.45) is 4.99 Å². The smallest absolute Gasteiger partial charge is 0.194 e. The molecule has 0 spiro atoms. The van der Waals surface area contributed by atoms with Gasteiger partial charge in [0, 0.05) is 78.7 Å². The van der Waals surface area contributed by atoms with Crippen LogP contribution in [-0.2, 0) is 13.1 Å². The van der Waals surface area contributed by atoms with E-state index in [9.17, 15) is 0 Å². The summed E-state index contributed by atoms with van der Waals surface area (Å²) in [5.41, 5.74) is 2.56. The number of anilines is 1. The minimum Gasteiger partial charge on any atom is -0.354 e. The monoisotopic (exact) mass is 549 g/mol. The number of aromatic nitrogens is 1. The fourth-order valence-corrected chi connectivity index (χ4v) is 4.22. The number of aliphatic imine (C=N–C) groups is 1. The second-order valence-electron chi connectivity index (χ2n) is 8.46. The van der Waals surface area contributed by atoms with E-state index < -0.39 is 0 Å². The maximum Gasteiger partial charge on any atom is 0.194 e. The van der Waals surface area contributed by atoms with Crippen LogP contribution < -0.4 is 10.2 Å². The van der Waals surface area contributed by atoms with Gasteiger partial charge in [0.05, 0.1) is 0 Å². The van der Waals surface area contributed by atoms with Crippen LogP contribution in [0.5, 0.6) is 0 Å². The molecule has 2 saturated heterocycles. The molecule has 0 radical (unpaired) electrons. The summed E-state index contributed by atoms with van der Waals surface area (Å²) in [6, 6.07) is 15.0. The average Bonchev–Trinajstić information content (AvgIpc) is 2.82. The molecule has 0 aliphatic carbocycles. The summed E-state index contributed by atoms with van der Waals surface area (Å²) in [4.78, 5) is 18.8. The van der Waals surface area contributed by atoms with E-state index in [0.29, 0.717) is 0 Å². The fraction of sp³-hybridized carbons (Fsp3) is 0.500. The SMILES string of the molecule is CN=C(NCc1ccc(N2CCN(C)CC2)nc1)N1CCN(Cc2ccccc2)CC1.I. The van der Waals surface area contributed by atoms with E-state index in [1.54, 1.807) is 0 Å². The molecule has 2 fully saturated rings. The molecule has 0 amide bonds. The number of likely N-dealkylation sites (N-methyl/N-ethyl adjacent to an activating group) is 1. The van der Waals surface area contributed by atoms with E-state index in [0.717, 1.165) is 77.2 Å². The number of nitrogens with one attached hydrogen (secondary N) is 1. The van der Waals surface area contributed by atoms with Gasteiger partial charge in [0.2, 0.25) is 0 Å². The number of hydrogen-bond acceptors (Lipinski definition) is 5. The number of hydrogen-bond donors (Lipinski definition) is 1. The summed E-state index contributed by atoms with van der Waals surface area (Å²) in [6.45, 7) is 10.1. The molecule has 0 saturated carbocycles. The van der Waals surface area contributed by atoms with Gasteiger partial charge in [-0.1, -0.05) is 36.4 Å². The average molecular weight is 550 g/mol. The molecular formula is C24H36IN7. The van der Waals surface area contributed by atoms with Crippen molar-refractivity contribution < 1.29 is 0 Å². The van der Waals surface area contributed by atoms with E-state index in [1.165, 1.54) is 11.1 Å². The molecule has 7 nitrogen and oxygen atoms in total. The zero-order valence-electron chi connectivity index (χ0n) is 19.3. The first-order valence-electron chi connectivity index (χ1n) is 11.3. The van der Waals surface area contributed by atoms with Gasteiger partial charge in [-0.3, -0.25) is 9.89 Å². The summed E-state index contributed by atoms with van der Waals surface area (Å²) in [6.07, 6.45) is 1.99. The maximum atomic E-state index is 4.70. The summed E-state index contributed by atoms with van der Waals surface area (Å²) in [5.74, 6) is 2.05. The molecule has 174 valence electrons. The summed E-state index contributed by atoms with van der Waals surface area (Å²) < 4.78 is 0. The van der Waals surface area contributed by atoms with Gasteiger partial charge in [0.15, 0.2) is 5.96 Å². The first-order valence-corrected chi connectivity index (χ1v) is 11.3. The lowest BCUT2D eigenvalue weighted by atomic mass is 10.2. The molecule has 4 rings (SSSR count). The Hall–Kier alpha value is -1.91. The van der Waals surface area contributed by atoms with Crippen molar-refractivity contribution >= 4 is 35.8 Å². The molecule has 2 aromatic rings. The van der Waals surface area contributed by atoms with Crippen LogP contribution in [-0.4, -0.2) is 92.1 Å². The van der Waals surface area contributed by atoms with Gasteiger partial charge in [-0.25, -0.2) is 4.98 Å². The largest absolute Gasteiger partial charge is 0.354 e. The van der Waals surface area contributed by atoms with Gasteiger partial charge in [-0.05, 0) is 24.2 Å². The Bertz CT molecular complexity index is 827. The van der Waals surface area contributed by atoms with Crippen molar-refractivity contribution in [1.29, 1.82) is 0 Å². The van der Waals surface area contributed by atoms with Crippen LogP contribution in [0, 0.1) is 0 Å². The number of piperazine rings is 2. The predicted octanol–water partition coefficient (Wildman–Crippen LogP) is 2.34. The summed E-state index contributed by atoms with van der Waals surface area (Å²) in [5, 5.41) is 3.52. The number of rotatable bonds is 5. The van der Waals surface area contributed by atoms with Crippen molar-refractivity contribution in [3.05, 3.63) is 59.8 Å². The Morgan fingerprint density at radius 3 is 2.25 bits per heavy atom. The minimum absolute atomic E-state index is 0. The number of pyridine rings is 1. The van der Waals surface area contributed by atoms with E-state index in [2.05, 4.69) is 79.4 Å². The molecule has 8 heteroatoms. The van der Waals surface area contributed by atoms with Crippen molar-refractivity contribution in [2.75, 3.05) is 71.4 Å². The highest BCUT2D eigenvalue weighted by Gasteiger charge is 2.20. The van der Waals surface area contributed by atoms with E-state index in [4.69, 9.17) is 4.98 Å². The molecule has 1 aromatic heterocycles. The van der Waals surface area contributed by atoms with Crippen molar-refractivity contribution in [2.45, 2.75) is 13.1 Å². The molecule has 32 heavy (non-hydrogen) atoms. The highest BCUT2D eigenvalue weighted by molar-refractivity contribution is 14.0. The third kappa shape index (κ3) is 6.79.